The van der Waals surface area contributed by atoms with Gasteiger partial charge >= 0.3 is 0 Å². The Bertz CT molecular complexity index is 690. The maximum Gasteiger partial charge on any atom is 0.241 e. The highest BCUT2D eigenvalue weighted by Gasteiger charge is 2.16. The maximum atomic E-state index is 12.2. The fourth-order valence-electron chi connectivity index (χ4n) is 1.80. The summed E-state index contributed by atoms with van der Waals surface area (Å²) >= 11 is 0. The normalized spacial score (nSPS) is 11.7. The molecule has 0 radical (unpaired) electrons. The number of sulfonamides is 1. The van der Waals surface area contributed by atoms with Crippen LogP contribution in [0.1, 0.15) is 16.8 Å². The van der Waals surface area contributed by atoms with Gasteiger partial charge in [0, 0.05) is 13.2 Å². The summed E-state index contributed by atoms with van der Waals surface area (Å²) in [6, 6.07) is 7.17. The Morgan fingerprint density at radius 1 is 1.26 bits per heavy atom. The van der Waals surface area contributed by atoms with Crippen LogP contribution in [0.2, 0.25) is 0 Å². The molecule has 0 fully saturated rings. The first-order valence-electron chi connectivity index (χ1n) is 5.94. The van der Waals surface area contributed by atoms with E-state index in [1.807, 2.05) is 19.1 Å². The maximum absolute atomic E-state index is 12.2. The van der Waals surface area contributed by atoms with Gasteiger partial charge in [0.1, 0.15) is 0 Å². The van der Waals surface area contributed by atoms with Crippen LogP contribution in [-0.4, -0.2) is 18.2 Å². The minimum atomic E-state index is -3.50. The van der Waals surface area contributed by atoms with Gasteiger partial charge < -0.3 is 0 Å². The van der Waals surface area contributed by atoms with Gasteiger partial charge in [-0.1, -0.05) is 12.1 Å². The van der Waals surface area contributed by atoms with Gasteiger partial charge in [0.15, 0.2) is 0 Å². The smallest absolute Gasteiger partial charge is 0.241 e. The van der Waals surface area contributed by atoms with Gasteiger partial charge in [0.05, 0.1) is 17.1 Å². The van der Waals surface area contributed by atoms with E-state index in [1.165, 1.54) is 0 Å². The summed E-state index contributed by atoms with van der Waals surface area (Å²) in [7, 11) is -1.71. The fourth-order valence-corrected chi connectivity index (χ4v) is 3.13. The van der Waals surface area contributed by atoms with Crippen molar-refractivity contribution in [2.75, 3.05) is 0 Å². The van der Waals surface area contributed by atoms with E-state index in [9.17, 15) is 8.42 Å². The molecule has 0 aliphatic heterocycles. The summed E-state index contributed by atoms with van der Waals surface area (Å²) < 4.78 is 28.7. The monoisotopic (exact) mass is 279 g/mol. The minimum absolute atomic E-state index is 0.191. The molecule has 0 aliphatic carbocycles. The van der Waals surface area contributed by atoms with Crippen LogP contribution >= 0.6 is 0 Å². The molecule has 1 heterocycles. The van der Waals surface area contributed by atoms with Crippen LogP contribution < -0.4 is 4.72 Å². The van der Waals surface area contributed by atoms with Gasteiger partial charge in [0.2, 0.25) is 10.0 Å². The first-order valence-corrected chi connectivity index (χ1v) is 7.42. The van der Waals surface area contributed by atoms with E-state index in [-0.39, 0.29) is 6.54 Å². The SMILES string of the molecule is Cc1ccc(C)c(S(=O)(=O)NCc2ccn(C)n2)c1. The molecular weight excluding hydrogens is 262 g/mol. The summed E-state index contributed by atoms with van der Waals surface area (Å²) in [4.78, 5) is 0.323. The van der Waals surface area contributed by atoms with Gasteiger partial charge in [-0.05, 0) is 37.1 Å². The molecule has 0 saturated heterocycles. The summed E-state index contributed by atoms with van der Waals surface area (Å²) in [6.45, 7) is 3.85. The average Bonchev–Trinajstić information content (AvgIpc) is 2.76. The number of nitrogens with one attached hydrogen (secondary N) is 1. The summed E-state index contributed by atoms with van der Waals surface area (Å²) in [5, 5.41) is 4.14. The quantitative estimate of drug-likeness (QED) is 0.922. The van der Waals surface area contributed by atoms with Gasteiger partial charge in [-0.15, -0.1) is 0 Å². The number of nitrogens with zero attached hydrogens (tertiary/aromatic N) is 2. The molecule has 1 aromatic carbocycles. The summed E-state index contributed by atoms with van der Waals surface area (Å²) in [5.41, 5.74) is 2.35. The lowest BCUT2D eigenvalue weighted by atomic mass is 10.2. The summed E-state index contributed by atoms with van der Waals surface area (Å²) in [6.07, 6.45) is 1.78. The van der Waals surface area contributed by atoms with Gasteiger partial charge in [-0.25, -0.2) is 13.1 Å². The van der Waals surface area contributed by atoms with Crippen molar-refractivity contribution in [1.29, 1.82) is 0 Å². The predicted molar refractivity (Wildman–Crippen MR) is 73.1 cm³/mol. The van der Waals surface area contributed by atoms with Crippen molar-refractivity contribution in [3.05, 3.63) is 47.3 Å². The highest BCUT2D eigenvalue weighted by atomic mass is 32.2. The molecular formula is C13H17N3O2S. The predicted octanol–water partition coefficient (Wildman–Crippen LogP) is 1.52. The van der Waals surface area contributed by atoms with Crippen LogP contribution in [0.25, 0.3) is 0 Å². The fraction of sp³-hybridized carbons (Fsp3) is 0.308. The largest absolute Gasteiger partial charge is 0.276 e. The lowest BCUT2D eigenvalue weighted by Gasteiger charge is -2.09. The molecule has 1 N–H and O–H groups in total. The van der Waals surface area contributed by atoms with Crippen molar-refractivity contribution in [2.45, 2.75) is 25.3 Å². The van der Waals surface area contributed by atoms with Crippen molar-refractivity contribution >= 4 is 10.0 Å². The van der Waals surface area contributed by atoms with E-state index in [1.54, 1.807) is 37.0 Å². The first kappa shape index (κ1) is 13.8. The third kappa shape index (κ3) is 3.21. The molecule has 0 amide bonds. The molecule has 0 spiro atoms. The molecule has 0 saturated carbocycles. The topological polar surface area (TPSA) is 64.0 Å². The molecule has 0 bridgehead atoms. The molecule has 102 valence electrons. The summed E-state index contributed by atoms with van der Waals surface area (Å²) in [5.74, 6) is 0. The standard InChI is InChI=1S/C13H17N3O2S/c1-10-4-5-11(2)13(8-10)19(17,18)14-9-12-6-7-16(3)15-12/h4-8,14H,9H2,1-3H3. The zero-order valence-corrected chi connectivity index (χ0v) is 12.0. The lowest BCUT2D eigenvalue weighted by molar-refractivity contribution is 0.579. The molecule has 19 heavy (non-hydrogen) atoms. The molecule has 2 rings (SSSR count). The second-order valence-electron chi connectivity index (χ2n) is 4.57. The van der Waals surface area contributed by atoms with Crippen molar-refractivity contribution in [2.24, 2.45) is 7.05 Å². The van der Waals surface area contributed by atoms with E-state index in [0.29, 0.717) is 10.6 Å². The van der Waals surface area contributed by atoms with E-state index in [2.05, 4.69) is 9.82 Å². The Labute approximate surface area is 113 Å². The van der Waals surface area contributed by atoms with Gasteiger partial charge in [-0.3, -0.25) is 4.68 Å². The first-order chi connectivity index (χ1) is 8.88. The Morgan fingerprint density at radius 2 is 2.00 bits per heavy atom. The third-order valence-corrected chi connectivity index (χ3v) is 4.39. The molecule has 1 aromatic heterocycles. The van der Waals surface area contributed by atoms with E-state index in [0.717, 1.165) is 11.1 Å². The zero-order valence-electron chi connectivity index (χ0n) is 11.2. The van der Waals surface area contributed by atoms with Crippen LogP contribution in [0.4, 0.5) is 0 Å². The Hall–Kier alpha value is -1.66. The molecule has 2 aromatic rings. The van der Waals surface area contributed by atoms with Crippen LogP contribution in [0, 0.1) is 13.8 Å². The number of hydrogen-bond donors (Lipinski definition) is 1. The highest BCUT2D eigenvalue weighted by molar-refractivity contribution is 7.89. The average molecular weight is 279 g/mol. The molecule has 0 atom stereocenters. The number of hydrogen-bond acceptors (Lipinski definition) is 3. The van der Waals surface area contributed by atoms with Gasteiger partial charge in [0.25, 0.3) is 0 Å². The molecule has 6 heteroatoms. The second kappa shape index (κ2) is 5.14. The zero-order chi connectivity index (χ0) is 14.0. The van der Waals surface area contributed by atoms with Crippen LogP contribution in [0.5, 0.6) is 0 Å². The van der Waals surface area contributed by atoms with Crippen molar-refractivity contribution < 1.29 is 8.42 Å². The van der Waals surface area contributed by atoms with E-state index < -0.39 is 10.0 Å². The Balaban J connectivity index is 2.20. The van der Waals surface area contributed by atoms with E-state index >= 15 is 0 Å². The van der Waals surface area contributed by atoms with Crippen LogP contribution in [0.3, 0.4) is 0 Å². The Kier molecular flexibility index (Phi) is 3.73. The van der Waals surface area contributed by atoms with Crippen molar-refractivity contribution in [1.82, 2.24) is 14.5 Å². The van der Waals surface area contributed by atoms with Crippen LogP contribution in [0.15, 0.2) is 35.4 Å². The van der Waals surface area contributed by atoms with E-state index in [4.69, 9.17) is 0 Å². The molecule has 0 aliphatic rings. The molecule has 5 nitrogen and oxygen atoms in total. The number of benzene rings is 1. The lowest BCUT2D eigenvalue weighted by Crippen LogP contribution is -2.24. The van der Waals surface area contributed by atoms with Gasteiger partial charge in [-0.2, -0.15) is 5.10 Å². The van der Waals surface area contributed by atoms with Crippen molar-refractivity contribution in [3.8, 4) is 0 Å². The third-order valence-electron chi connectivity index (χ3n) is 2.85. The number of aryl methyl sites for hydroxylation is 3. The van der Waals surface area contributed by atoms with Crippen molar-refractivity contribution in [3.63, 3.8) is 0 Å². The highest BCUT2D eigenvalue weighted by Crippen LogP contribution is 2.16. The van der Waals surface area contributed by atoms with Crippen LogP contribution in [-0.2, 0) is 23.6 Å². The Morgan fingerprint density at radius 3 is 2.63 bits per heavy atom. The number of aromatic nitrogens is 2. The second-order valence-corrected chi connectivity index (χ2v) is 6.31. The minimum Gasteiger partial charge on any atom is -0.276 e. The molecule has 0 unspecified atom stereocenters. The number of rotatable bonds is 4.